The molecule has 8 nitrogen and oxygen atoms in total. The van der Waals surface area contributed by atoms with Gasteiger partial charge in [-0.1, -0.05) is 17.7 Å². The van der Waals surface area contributed by atoms with Crippen LogP contribution in [0.15, 0.2) is 59.0 Å². The van der Waals surface area contributed by atoms with E-state index in [0.29, 0.717) is 33.3 Å². The number of amides is 1. The summed E-state index contributed by atoms with van der Waals surface area (Å²) in [7, 11) is 1.33. The molecule has 0 aliphatic carbocycles. The maximum Gasteiger partial charge on any atom is 0.311 e. The molecule has 3 aromatic carbocycles. The number of aromatic nitrogens is 1. The fraction of sp³-hybridized carbons (Fsp3) is 0.0909. The van der Waals surface area contributed by atoms with Crippen LogP contribution in [-0.4, -0.2) is 22.9 Å². The first-order valence-corrected chi connectivity index (χ1v) is 9.55. The highest BCUT2D eigenvalue weighted by atomic mass is 35.5. The molecule has 0 unspecified atom stereocenters. The van der Waals surface area contributed by atoms with Crippen LogP contribution in [-0.2, 0) is 0 Å². The Kier molecular flexibility index (Phi) is 5.31. The second-order valence-electron chi connectivity index (χ2n) is 6.71. The first-order valence-electron chi connectivity index (χ1n) is 9.17. The molecule has 0 aliphatic rings. The van der Waals surface area contributed by atoms with Gasteiger partial charge in [0.1, 0.15) is 5.52 Å². The molecule has 156 valence electrons. The number of halogens is 1. The number of oxazole rings is 1. The van der Waals surface area contributed by atoms with Crippen molar-refractivity contribution in [2.75, 3.05) is 12.4 Å². The van der Waals surface area contributed by atoms with Crippen LogP contribution in [0.1, 0.15) is 15.9 Å². The van der Waals surface area contributed by atoms with Gasteiger partial charge in [0.15, 0.2) is 11.3 Å². The predicted octanol–water partition coefficient (Wildman–Crippen LogP) is 5.63. The number of nitro benzene ring substituents is 1. The highest BCUT2D eigenvalue weighted by molar-refractivity contribution is 6.31. The summed E-state index contributed by atoms with van der Waals surface area (Å²) >= 11 is 6.02. The zero-order valence-corrected chi connectivity index (χ0v) is 17.3. The number of anilines is 1. The normalized spacial score (nSPS) is 10.8. The quantitative estimate of drug-likeness (QED) is 0.320. The molecule has 0 saturated heterocycles. The van der Waals surface area contributed by atoms with E-state index in [1.807, 2.05) is 13.0 Å². The highest BCUT2D eigenvalue weighted by Crippen LogP contribution is 2.32. The number of hydrogen-bond acceptors (Lipinski definition) is 6. The molecule has 1 heterocycles. The van der Waals surface area contributed by atoms with Gasteiger partial charge in [-0.05, 0) is 55.0 Å². The van der Waals surface area contributed by atoms with Crippen molar-refractivity contribution in [2.45, 2.75) is 6.92 Å². The first-order chi connectivity index (χ1) is 14.9. The lowest BCUT2D eigenvalue weighted by atomic mass is 10.1. The van der Waals surface area contributed by atoms with Crippen LogP contribution in [0.5, 0.6) is 5.75 Å². The van der Waals surface area contributed by atoms with E-state index >= 15 is 0 Å². The predicted molar refractivity (Wildman–Crippen MR) is 117 cm³/mol. The Morgan fingerprint density at radius 1 is 1.19 bits per heavy atom. The molecular weight excluding hydrogens is 422 g/mol. The summed E-state index contributed by atoms with van der Waals surface area (Å²) in [4.78, 5) is 27.9. The van der Waals surface area contributed by atoms with Crippen molar-refractivity contribution >= 4 is 40.0 Å². The third kappa shape index (κ3) is 3.93. The molecule has 0 aliphatic heterocycles. The molecule has 1 aromatic heterocycles. The third-order valence-corrected chi connectivity index (χ3v) is 5.03. The minimum Gasteiger partial charge on any atom is -0.490 e. The summed E-state index contributed by atoms with van der Waals surface area (Å²) in [5.74, 6) is -0.0166. The largest absolute Gasteiger partial charge is 0.490 e. The Bertz CT molecular complexity index is 1330. The first kappa shape index (κ1) is 20.4. The van der Waals surface area contributed by atoms with E-state index in [0.717, 1.165) is 5.56 Å². The lowest BCUT2D eigenvalue weighted by molar-refractivity contribution is -0.385. The molecule has 0 bridgehead atoms. The number of hydrogen-bond donors (Lipinski definition) is 1. The monoisotopic (exact) mass is 437 g/mol. The smallest absolute Gasteiger partial charge is 0.311 e. The molecular formula is C22H16ClN3O5. The van der Waals surface area contributed by atoms with Gasteiger partial charge in [0.25, 0.3) is 5.91 Å². The standard InChI is InChI=1S/C22H16ClN3O5/c1-12-15(22-25-17-11-14(23)7-9-19(17)31-22)4-3-5-16(12)24-21(27)13-6-8-20(30-2)18(10-13)26(28)29/h3-11H,1-2H3,(H,24,27). The zero-order valence-electron chi connectivity index (χ0n) is 16.5. The van der Waals surface area contributed by atoms with E-state index in [-0.39, 0.29) is 17.0 Å². The average Bonchev–Trinajstić information content (AvgIpc) is 3.17. The molecule has 0 atom stereocenters. The topological polar surface area (TPSA) is 108 Å². The fourth-order valence-electron chi connectivity index (χ4n) is 3.19. The number of nitro groups is 1. The molecule has 0 radical (unpaired) electrons. The Hall–Kier alpha value is -3.91. The van der Waals surface area contributed by atoms with Gasteiger partial charge < -0.3 is 14.5 Å². The van der Waals surface area contributed by atoms with Crippen LogP contribution >= 0.6 is 11.6 Å². The fourth-order valence-corrected chi connectivity index (χ4v) is 3.35. The van der Waals surface area contributed by atoms with Crippen molar-refractivity contribution in [3.63, 3.8) is 0 Å². The third-order valence-electron chi connectivity index (χ3n) is 4.80. The number of ether oxygens (including phenoxy) is 1. The number of nitrogens with zero attached hydrogens (tertiary/aromatic N) is 2. The van der Waals surface area contributed by atoms with Crippen molar-refractivity contribution in [1.29, 1.82) is 0 Å². The summed E-state index contributed by atoms with van der Waals surface area (Å²) in [6, 6.07) is 14.5. The van der Waals surface area contributed by atoms with E-state index < -0.39 is 10.8 Å². The van der Waals surface area contributed by atoms with Crippen LogP contribution in [0, 0.1) is 17.0 Å². The molecule has 4 aromatic rings. The summed E-state index contributed by atoms with van der Waals surface area (Å²) in [6.07, 6.45) is 0. The van der Waals surface area contributed by atoms with E-state index in [2.05, 4.69) is 10.3 Å². The average molecular weight is 438 g/mol. The van der Waals surface area contributed by atoms with Gasteiger partial charge in [-0.2, -0.15) is 0 Å². The molecule has 0 spiro atoms. The van der Waals surface area contributed by atoms with Crippen LogP contribution in [0.2, 0.25) is 5.02 Å². The van der Waals surface area contributed by atoms with Crippen LogP contribution in [0.3, 0.4) is 0 Å². The molecule has 9 heteroatoms. The second-order valence-corrected chi connectivity index (χ2v) is 7.14. The van der Waals surface area contributed by atoms with Gasteiger partial charge >= 0.3 is 5.69 Å². The number of carbonyl (C=O) groups is 1. The van der Waals surface area contributed by atoms with Crippen molar-refractivity contribution in [2.24, 2.45) is 0 Å². The summed E-state index contributed by atoms with van der Waals surface area (Å²) in [5, 5.41) is 14.6. The van der Waals surface area contributed by atoms with Gasteiger partial charge in [0.05, 0.1) is 12.0 Å². The van der Waals surface area contributed by atoms with Gasteiger partial charge in [-0.15, -0.1) is 0 Å². The van der Waals surface area contributed by atoms with E-state index in [1.165, 1.54) is 25.3 Å². The van der Waals surface area contributed by atoms with Gasteiger partial charge in [0.2, 0.25) is 5.89 Å². The van der Waals surface area contributed by atoms with Crippen molar-refractivity contribution in [1.82, 2.24) is 4.98 Å². The van der Waals surface area contributed by atoms with Gasteiger partial charge in [-0.25, -0.2) is 4.98 Å². The van der Waals surface area contributed by atoms with Crippen LogP contribution in [0.25, 0.3) is 22.6 Å². The number of carbonyl (C=O) groups excluding carboxylic acids is 1. The van der Waals surface area contributed by atoms with Crippen molar-refractivity contribution in [3.05, 3.63) is 80.9 Å². The number of methoxy groups -OCH3 is 1. The summed E-state index contributed by atoms with van der Waals surface area (Å²) in [5.41, 5.74) is 3.03. The number of fused-ring (bicyclic) bond motifs is 1. The van der Waals surface area contributed by atoms with E-state index in [4.69, 9.17) is 20.8 Å². The number of nitrogens with one attached hydrogen (secondary N) is 1. The Labute approximate surface area is 181 Å². The molecule has 1 amide bonds. The lowest BCUT2D eigenvalue weighted by Crippen LogP contribution is -2.13. The van der Waals surface area contributed by atoms with Gasteiger partial charge in [-0.3, -0.25) is 14.9 Å². The Morgan fingerprint density at radius 2 is 2.00 bits per heavy atom. The van der Waals surface area contributed by atoms with E-state index in [1.54, 1.807) is 30.3 Å². The SMILES string of the molecule is COc1ccc(C(=O)Nc2cccc(-c3nc4cc(Cl)ccc4o3)c2C)cc1[N+](=O)[O-]. The maximum atomic E-state index is 12.7. The Balaban J connectivity index is 1.66. The molecule has 0 saturated carbocycles. The van der Waals surface area contributed by atoms with Crippen molar-refractivity contribution in [3.8, 4) is 17.2 Å². The second kappa shape index (κ2) is 8.08. The molecule has 0 fully saturated rings. The Morgan fingerprint density at radius 3 is 2.74 bits per heavy atom. The number of rotatable bonds is 5. The lowest BCUT2D eigenvalue weighted by Gasteiger charge is -2.11. The minimum absolute atomic E-state index is 0.0794. The summed E-state index contributed by atoms with van der Waals surface area (Å²) in [6.45, 7) is 1.82. The van der Waals surface area contributed by atoms with Crippen LogP contribution in [0.4, 0.5) is 11.4 Å². The molecule has 4 rings (SSSR count). The zero-order chi connectivity index (χ0) is 22.1. The minimum atomic E-state index is -0.596. The molecule has 31 heavy (non-hydrogen) atoms. The van der Waals surface area contributed by atoms with Crippen LogP contribution < -0.4 is 10.1 Å². The van der Waals surface area contributed by atoms with Crippen molar-refractivity contribution < 1.29 is 18.9 Å². The highest BCUT2D eigenvalue weighted by Gasteiger charge is 2.19. The maximum absolute atomic E-state index is 12.7. The van der Waals surface area contributed by atoms with E-state index in [9.17, 15) is 14.9 Å². The van der Waals surface area contributed by atoms with Gasteiger partial charge in [0, 0.05) is 27.9 Å². The molecule has 1 N–H and O–H groups in total. The summed E-state index contributed by atoms with van der Waals surface area (Å²) < 4.78 is 10.8. The number of benzene rings is 3.